The molecule has 2 aliphatic heterocycles. The average Bonchev–Trinajstić information content (AvgIpc) is 3.81. The first-order valence-electron chi connectivity index (χ1n) is 18.6. The molecule has 0 saturated heterocycles. The topological polar surface area (TPSA) is 61.5 Å². The van der Waals surface area contributed by atoms with Gasteiger partial charge in [0.15, 0.2) is 0 Å². The van der Waals surface area contributed by atoms with E-state index in [2.05, 4.69) is 126 Å². The molecule has 4 aromatic carbocycles. The Morgan fingerprint density at radius 2 is 1.68 bits per heavy atom. The number of benzene rings is 4. The van der Waals surface area contributed by atoms with Crippen molar-refractivity contribution in [2.24, 2.45) is 4.99 Å². The maximum Gasteiger partial charge on any atom is 0.217 e. The van der Waals surface area contributed by atoms with E-state index in [1.54, 1.807) is 0 Å². The predicted molar refractivity (Wildman–Crippen MR) is 213 cm³/mol. The van der Waals surface area contributed by atoms with Gasteiger partial charge >= 0.3 is 0 Å². The lowest BCUT2D eigenvalue weighted by atomic mass is 9.74. The van der Waals surface area contributed by atoms with E-state index in [1.807, 2.05) is 30.6 Å². The van der Waals surface area contributed by atoms with Gasteiger partial charge < -0.3 is 9.47 Å². The van der Waals surface area contributed by atoms with Crippen LogP contribution in [0, 0.1) is 13.8 Å². The van der Waals surface area contributed by atoms with Gasteiger partial charge in [-0.25, -0.2) is 9.98 Å². The van der Waals surface area contributed by atoms with Gasteiger partial charge in [0.05, 0.1) is 16.9 Å². The Bertz CT molecular complexity index is 2700. The van der Waals surface area contributed by atoms with E-state index >= 15 is 0 Å². The monoisotopic (exact) mass is 694 g/mol. The van der Waals surface area contributed by atoms with E-state index in [-0.39, 0.29) is 23.0 Å². The largest absolute Gasteiger partial charge is 0.471 e. The summed E-state index contributed by atoms with van der Waals surface area (Å²) in [5, 5.41) is 2.39. The van der Waals surface area contributed by atoms with Crippen LogP contribution in [-0.4, -0.2) is 26.5 Å². The summed E-state index contributed by atoms with van der Waals surface area (Å²) in [6.07, 6.45) is 4.62. The van der Waals surface area contributed by atoms with Gasteiger partial charge in [0.25, 0.3) is 0 Å². The maximum atomic E-state index is 6.92. The highest BCUT2D eigenvalue weighted by Crippen LogP contribution is 2.49. The lowest BCUT2D eigenvalue weighted by molar-refractivity contribution is 0.206. The number of hydrogen-bond acceptors (Lipinski definition) is 5. The van der Waals surface area contributed by atoms with Crippen molar-refractivity contribution >= 4 is 27.8 Å². The normalized spacial score (nSPS) is 18.1. The van der Waals surface area contributed by atoms with E-state index in [1.165, 1.54) is 44.1 Å². The first kappa shape index (κ1) is 31.9. The van der Waals surface area contributed by atoms with Gasteiger partial charge in [-0.1, -0.05) is 77.1 Å². The molecule has 0 fully saturated rings. The maximum absolute atomic E-state index is 6.92. The number of pyridine rings is 2. The van der Waals surface area contributed by atoms with Crippen LogP contribution in [0.4, 0.5) is 0 Å². The minimum absolute atomic E-state index is 0.0159. The van der Waals surface area contributed by atoms with Crippen LogP contribution in [0.1, 0.15) is 85.2 Å². The molecule has 262 valence electrons. The van der Waals surface area contributed by atoms with Crippen LogP contribution in [0.25, 0.3) is 38.9 Å². The molecule has 0 radical (unpaired) electrons. The number of aliphatic imine (C=N–C) groups is 1. The van der Waals surface area contributed by atoms with E-state index < -0.39 is 0 Å². The lowest BCUT2D eigenvalue weighted by Gasteiger charge is -2.35. The zero-order chi connectivity index (χ0) is 36.4. The Kier molecular flexibility index (Phi) is 6.71. The predicted octanol–water partition coefficient (Wildman–Crippen LogP) is 11.0. The third kappa shape index (κ3) is 4.88. The van der Waals surface area contributed by atoms with E-state index in [0.717, 1.165) is 51.5 Å². The van der Waals surface area contributed by atoms with Crippen molar-refractivity contribution < 1.29 is 9.47 Å². The molecule has 53 heavy (non-hydrogen) atoms. The second-order valence-corrected chi connectivity index (χ2v) is 16.6. The highest BCUT2D eigenvalue weighted by molar-refractivity contribution is 6.10. The highest BCUT2D eigenvalue weighted by Gasteiger charge is 2.41. The van der Waals surface area contributed by atoms with Crippen LogP contribution in [0.15, 0.2) is 108 Å². The third-order valence-corrected chi connectivity index (χ3v) is 11.6. The van der Waals surface area contributed by atoms with Gasteiger partial charge in [-0.3, -0.25) is 9.55 Å². The summed E-state index contributed by atoms with van der Waals surface area (Å²) >= 11 is 0. The molecule has 6 nitrogen and oxygen atoms in total. The molecule has 2 atom stereocenters. The summed E-state index contributed by atoms with van der Waals surface area (Å²) in [7, 11) is 0. The van der Waals surface area contributed by atoms with Crippen molar-refractivity contribution in [3.8, 4) is 28.4 Å². The fraction of sp³-hybridized carbons (Fsp3) is 0.255. The fourth-order valence-corrected chi connectivity index (χ4v) is 8.76. The molecule has 10 rings (SSSR count). The summed E-state index contributed by atoms with van der Waals surface area (Å²) in [6, 6.07) is 32.5. The van der Waals surface area contributed by atoms with Crippen molar-refractivity contribution in [1.29, 1.82) is 0 Å². The molecule has 3 aliphatic rings. The number of para-hydroxylation sites is 1. The Hall–Kier alpha value is -5.75. The van der Waals surface area contributed by atoms with Crippen molar-refractivity contribution in [2.75, 3.05) is 0 Å². The molecule has 0 amide bonds. The number of fused-ring (bicyclic) bond motifs is 8. The summed E-state index contributed by atoms with van der Waals surface area (Å²) in [6.45, 7) is 15.7. The average molecular weight is 695 g/mol. The van der Waals surface area contributed by atoms with Crippen molar-refractivity contribution in [2.45, 2.75) is 77.9 Å². The molecule has 7 aromatic rings. The van der Waals surface area contributed by atoms with Crippen LogP contribution in [0.5, 0.6) is 11.5 Å². The van der Waals surface area contributed by atoms with Crippen LogP contribution in [-0.2, 0) is 22.0 Å². The Morgan fingerprint density at radius 3 is 2.49 bits per heavy atom. The first-order chi connectivity index (χ1) is 25.4. The lowest BCUT2D eigenvalue weighted by Crippen LogP contribution is -2.26. The molecular weight excluding hydrogens is 653 g/mol. The van der Waals surface area contributed by atoms with Crippen LogP contribution < -0.4 is 4.74 Å². The van der Waals surface area contributed by atoms with E-state index in [4.69, 9.17) is 24.4 Å². The molecule has 3 aromatic heterocycles. The molecule has 0 spiro atoms. The Balaban J connectivity index is 1.08. The minimum Gasteiger partial charge on any atom is -0.471 e. The second-order valence-electron chi connectivity index (χ2n) is 16.6. The van der Waals surface area contributed by atoms with Crippen molar-refractivity contribution in [3.63, 3.8) is 0 Å². The summed E-state index contributed by atoms with van der Waals surface area (Å²) in [5.41, 5.74) is 14.6. The van der Waals surface area contributed by atoms with Crippen LogP contribution >= 0.6 is 0 Å². The van der Waals surface area contributed by atoms with Gasteiger partial charge in [0.1, 0.15) is 29.3 Å². The van der Waals surface area contributed by atoms with Gasteiger partial charge in [-0.15, -0.1) is 0 Å². The fourth-order valence-electron chi connectivity index (χ4n) is 8.76. The van der Waals surface area contributed by atoms with Crippen molar-refractivity contribution in [1.82, 2.24) is 14.5 Å². The van der Waals surface area contributed by atoms with Gasteiger partial charge in [0, 0.05) is 52.2 Å². The molecule has 0 bridgehead atoms. The second kappa shape index (κ2) is 11.1. The molecule has 0 saturated carbocycles. The number of aryl methyl sites for hydroxylation is 2. The molecule has 0 N–H and O–H groups in total. The molecular formula is C47H42N4O2. The SMILES string of the molecule is Cc1cnc2c(c1)c1cccc3c1n2-c1cc(Oc2cc(C4=N[C@@H]5c6ccc(C(C)(C)C)cc6C[C@@H]5O4)cc(-c4ccccn4)c2)c(C)cc1C3(C)C. The quantitative estimate of drug-likeness (QED) is 0.184. The van der Waals surface area contributed by atoms with Crippen LogP contribution in [0.3, 0.4) is 0 Å². The number of rotatable bonds is 4. The standard InChI is InChI=1S/C47H42N4O2/c1-26-17-35-34-11-10-12-36-43(34)51(44(35)49-25-26)39-24-40(27(2)18-37(39)47(36,6)7)52-32-21-29(38-13-8-9-16-48-38)19-30(22-32)45-50-42-33-15-14-31(46(3,4)5)20-28(33)23-41(42)53-45/h8-22,24-25,41-42H,23H2,1-7H3/t41-,42+/m0/s1. The summed E-state index contributed by atoms with van der Waals surface area (Å²) < 4.78 is 15.9. The zero-order valence-electron chi connectivity index (χ0n) is 31.3. The Labute approximate surface area is 310 Å². The number of hydrogen-bond donors (Lipinski definition) is 0. The first-order valence-corrected chi connectivity index (χ1v) is 18.6. The molecule has 1 aliphatic carbocycles. The number of aromatic nitrogens is 3. The number of ether oxygens (including phenoxy) is 2. The molecule has 5 heterocycles. The Morgan fingerprint density at radius 1 is 0.830 bits per heavy atom. The van der Waals surface area contributed by atoms with E-state index in [0.29, 0.717) is 11.6 Å². The summed E-state index contributed by atoms with van der Waals surface area (Å²) in [4.78, 5) is 14.9. The molecule has 0 unspecified atom stereocenters. The van der Waals surface area contributed by atoms with Crippen LogP contribution in [0.2, 0.25) is 0 Å². The smallest absolute Gasteiger partial charge is 0.217 e. The van der Waals surface area contributed by atoms with Crippen molar-refractivity contribution in [3.05, 3.63) is 148 Å². The van der Waals surface area contributed by atoms with E-state index in [9.17, 15) is 0 Å². The van der Waals surface area contributed by atoms with Gasteiger partial charge in [-0.2, -0.15) is 0 Å². The third-order valence-electron chi connectivity index (χ3n) is 11.6. The molecule has 6 heteroatoms. The van der Waals surface area contributed by atoms with Gasteiger partial charge in [-0.05, 0) is 101 Å². The summed E-state index contributed by atoms with van der Waals surface area (Å²) in [5.74, 6) is 2.15. The highest BCUT2D eigenvalue weighted by atomic mass is 16.5. The van der Waals surface area contributed by atoms with Gasteiger partial charge in [0.2, 0.25) is 5.90 Å². The number of nitrogens with zero attached hydrogens (tertiary/aromatic N) is 4. The minimum atomic E-state index is -0.216. The zero-order valence-corrected chi connectivity index (χ0v) is 31.3.